The molecule has 1 heteroatoms. The van der Waals surface area contributed by atoms with Crippen molar-refractivity contribution in [2.45, 2.75) is 19.3 Å². The lowest BCUT2D eigenvalue weighted by molar-refractivity contribution is 0.660. The number of hydrogen-bond donors (Lipinski definition) is 0. The van der Waals surface area contributed by atoms with Crippen molar-refractivity contribution in [2.75, 3.05) is 4.90 Å². The van der Waals surface area contributed by atoms with Gasteiger partial charge in [0.1, 0.15) is 0 Å². The maximum atomic E-state index is 2.47. The van der Waals surface area contributed by atoms with Gasteiger partial charge >= 0.3 is 0 Å². The molecule has 0 aliphatic heterocycles. The SMILES string of the molecule is CC1(C)c2ccccc2-c2c(N(c3ccc(-c4cccc5ccc6ccc7ccccc7c6c45)cc3)c3cccc(-c4ccc5ccccc5c4)c3)cccc21. The van der Waals surface area contributed by atoms with Gasteiger partial charge in [-0.3, -0.25) is 0 Å². The normalized spacial score (nSPS) is 13.0. The highest BCUT2D eigenvalue weighted by Gasteiger charge is 2.37. The van der Waals surface area contributed by atoms with Crippen molar-refractivity contribution in [1.29, 1.82) is 0 Å². The molecule has 1 aliphatic rings. The summed E-state index contributed by atoms with van der Waals surface area (Å²) in [5.41, 5.74) is 13.5. The number of nitrogens with zero attached hydrogens (tertiary/aromatic N) is 1. The van der Waals surface area contributed by atoms with Crippen molar-refractivity contribution in [3.05, 3.63) is 211 Å². The highest BCUT2D eigenvalue weighted by atomic mass is 15.1. The monoisotopic (exact) mass is 713 g/mol. The molecular weight excluding hydrogens is 675 g/mol. The first kappa shape index (κ1) is 32.5. The van der Waals surface area contributed by atoms with E-state index in [1.54, 1.807) is 0 Å². The Morgan fingerprint density at radius 3 is 1.80 bits per heavy atom. The van der Waals surface area contributed by atoms with E-state index in [1.807, 2.05) is 0 Å². The molecule has 0 unspecified atom stereocenters. The van der Waals surface area contributed by atoms with Gasteiger partial charge in [-0.1, -0.05) is 178 Å². The highest BCUT2D eigenvalue weighted by Crippen LogP contribution is 2.54. The second-order valence-electron chi connectivity index (χ2n) is 15.7. The van der Waals surface area contributed by atoms with E-state index in [2.05, 4.69) is 219 Å². The first-order valence-corrected chi connectivity index (χ1v) is 19.6. The Balaban J connectivity index is 1.11. The van der Waals surface area contributed by atoms with Crippen molar-refractivity contribution in [2.24, 2.45) is 0 Å². The molecule has 0 spiro atoms. The van der Waals surface area contributed by atoms with Crippen LogP contribution in [-0.4, -0.2) is 0 Å². The Bertz CT molecular complexity index is 3160. The molecule has 0 saturated carbocycles. The largest absolute Gasteiger partial charge is 0.310 e. The summed E-state index contributed by atoms with van der Waals surface area (Å²) in [6.45, 7) is 4.72. The summed E-state index contributed by atoms with van der Waals surface area (Å²) < 4.78 is 0. The molecule has 0 N–H and O–H groups in total. The molecule has 0 heterocycles. The summed E-state index contributed by atoms with van der Waals surface area (Å²) in [5, 5.41) is 10.2. The molecule has 56 heavy (non-hydrogen) atoms. The predicted octanol–water partition coefficient (Wildman–Crippen LogP) is 15.4. The van der Waals surface area contributed by atoms with Crippen LogP contribution in [-0.2, 0) is 5.41 Å². The van der Waals surface area contributed by atoms with Gasteiger partial charge in [-0.2, -0.15) is 0 Å². The quantitative estimate of drug-likeness (QED) is 0.161. The van der Waals surface area contributed by atoms with E-state index >= 15 is 0 Å². The fourth-order valence-electron chi connectivity index (χ4n) is 9.45. The van der Waals surface area contributed by atoms with Crippen LogP contribution >= 0.6 is 0 Å². The topological polar surface area (TPSA) is 3.24 Å². The van der Waals surface area contributed by atoms with Gasteiger partial charge in [0.25, 0.3) is 0 Å². The lowest BCUT2D eigenvalue weighted by Gasteiger charge is -2.29. The van der Waals surface area contributed by atoms with Gasteiger partial charge in [-0.25, -0.2) is 0 Å². The van der Waals surface area contributed by atoms with E-state index in [0.29, 0.717) is 0 Å². The lowest BCUT2D eigenvalue weighted by Crippen LogP contribution is -2.16. The van der Waals surface area contributed by atoms with Gasteiger partial charge in [-0.15, -0.1) is 0 Å². The average Bonchev–Trinajstić information content (AvgIpc) is 3.49. The van der Waals surface area contributed by atoms with Crippen LogP contribution in [0.1, 0.15) is 25.0 Å². The van der Waals surface area contributed by atoms with Gasteiger partial charge in [0.2, 0.25) is 0 Å². The minimum absolute atomic E-state index is 0.105. The van der Waals surface area contributed by atoms with E-state index in [4.69, 9.17) is 0 Å². The third-order valence-corrected chi connectivity index (χ3v) is 12.2. The molecule has 1 nitrogen and oxygen atoms in total. The summed E-state index contributed by atoms with van der Waals surface area (Å²) in [7, 11) is 0. The lowest BCUT2D eigenvalue weighted by atomic mass is 9.82. The van der Waals surface area contributed by atoms with Crippen LogP contribution in [0.15, 0.2) is 200 Å². The Kier molecular flexibility index (Phi) is 7.28. The number of anilines is 3. The summed E-state index contributed by atoms with van der Waals surface area (Å²) in [5.74, 6) is 0. The summed E-state index contributed by atoms with van der Waals surface area (Å²) in [4.78, 5) is 2.47. The van der Waals surface area contributed by atoms with Crippen LogP contribution in [0.4, 0.5) is 17.1 Å². The summed E-state index contributed by atoms with van der Waals surface area (Å²) in [6, 6.07) is 74.0. The van der Waals surface area contributed by atoms with Crippen LogP contribution in [0.2, 0.25) is 0 Å². The summed E-state index contributed by atoms with van der Waals surface area (Å²) >= 11 is 0. The maximum Gasteiger partial charge on any atom is 0.0543 e. The molecule has 0 atom stereocenters. The Morgan fingerprint density at radius 1 is 0.357 bits per heavy atom. The highest BCUT2D eigenvalue weighted by molar-refractivity contribution is 6.24. The van der Waals surface area contributed by atoms with Crippen LogP contribution in [0.25, 0.3) is 76.5 Å². The molecule has 10 aromatic rings. The van der Waals surface area contributed by atoms with Crippen molar-refractivity contribution in [3.8, 4) is 33.4 Å². The number of rotatable bonds is 5. The molecule has 0 aromatic heterocycles. The average molecular weight is 714 g/mol. The van der Waals surface area contributed by atoms with Crippen molar-refractivity contribution in [1.82, 2.24) is 0 Å². The molecule has 0 saturated heterocycles. The fourth-order valence-corrected chi connectivity index (χ4v) is 9.45. The Labute approximate surface area is 327 Å². The van der Waals surface area contributed by atoms with Crippen molar-refractivity contribution >= 4 is 60.2 Å². The van der Waals surface area contributed by atoms with Crippen LogP contribution in [0.3, 0.4) is 0 Å². The minimum Gasteiger partial charge on any atom is -0.310 e. The number of hydrogen-bond acceptors (Lipinski definition) is 1. The van der Waals surface area contributed by atoms with Gasteiger partial charge in [0.05, 0.1) is 5.69 Å². The molecule has 0 bridgehead atoms. The van der Waals surface area contributed by atoms with Crippen LogP contribution in [0.5, 0.6) is 0 Å². The van der Waals surface area contributed by atoms with E-state index in [0.717, 1.165) is 11.4 Å². The first-order chi connectivity index (χ1) is 27.5. The first-order valence-electron chi connectivity index (χ1n) is 19.6. The molecule has 0 radical (unpaired) electrons. The third kappa shape index (κ3) is 5.01. The molecular formula is C55H39N. The molecule has 11 rings (SSSR count). The van der Waals surface area contributed by atoms with Gasteiger partial charge < -0.3 is 4.90 Å². The van der Waals surface area contributed by atoms with E-state index < -0.39 is 0 Å². The second kappa shape index (κ2) is 12.5. The third-order valence-electron chi connectivity index (χ3n) is 12.2. The number of fused-ring (bicyclic) bond motifs is 9. The summed E-state index contributed by atoms with van der Waals surface area (Å²) in [6.07, 6.45) is 0. The van der Waals surface area contributed by atoms with E-state index in [-0.39, 0.29) is 5.41 Å². The van der Waals surface area contributed by atoms with E-state index in [9.17, 15) is 0 Å². The van der Waals surface area contributed by atoms with Crippen molar-refractivity contribution < 1.29 is 0 Å². The zero-order valence-corrected chi connectivity index (χ0v) is 31.5. The number of benzene rings is 10. The van der Waals surface area contributed by atoms with Crippen LogP contribution in [0, 0.1) is 0 Å². The predicted molar refractivity (Wildman–Crippen MR) is 240 cm³/mol. The van der Waals surface area contributed by atoms with E-state index in [1.165, 1.54) is 93.3 Å². The Morgan fingerprint density at radius 2 is 0.946 bits per heavy atom. The molecule has 264 valence electrons. The molecule has 10 aromatic carbocycles. The van der Waals surface area contributed by atoms with Gasteiger partial charge in [-0.05, 0) is 118 Å². The van der Waals surface area contributed by atoms with Gasteiger partial charge in [0, 0.05) is 22.4 Å². The molecule has 0 fully saturated rings. The van der Waals surface area contributed by atoms with Gasteiger partial charge in [0.15, 0.2) is 0 Å². The van der Waals surface area contributed by atoms with Crippen LogP contribution < -0.4 is 4.90 Å². The zero-order valence-electron chi connectivity index (χ0n) is 31.5. The van der Waals surface area contributed by atoms with Crippen molar-refractivity contribution in [3.63, 3.8) is 0 Å². The minimum atomic E-state index is -0.105. The molecule has 0 amide bonds. The second-order valence-corrected chi connectivity index (χ2v) is 15.7. The maximum absolute atomic E-state index is 2.47. The Hall–Kier alpha value is -6.96. The fraction of sp³-hybridized carbons (Fsp3) is 0.0545. The molecule has 1 aliphatic carbocycles. The smallest absolute Gasteiger partial charge is 0.0543 e. The zero-order chi connectivity index (χ0) is 37.4. The standard InChI is InChI=1S/C55H39N/c1-55(2)49-21-8-7-19-48(49)54-50(55)22-11-23-51(54)56(45-17-9-16-42(35-45)43-29-24-36-12-3-4-14-41(36)34-43)44-32-30-38(31-33-44)47-20-10-15-39-27-28-40-26-25-37-13-5-6-18-46(37)53(40)52(39)47/h3-35H,1-2H3.